The van der Waals surface area contributed by atoms with Crippen LogP contribution in [0.5, 0.6) is 0 Å². The Kier molecular flexibility index (Phi) is 4.67. The number of oxazole rings is 1. The lowest BCUT2D eigenvalue weighted by Crippen LogP contribution is -2.24. The van der Waals surface area contributed by atoms with Crippen molar-refractivity contribution in [1.82, 2.24) is 20.4 Å². The number of carbonyl (C=O) groups excluding carboxylic acids is 1. The number of benzene rings is 2. The van der Waals surface area contributed by atoms with E-state index in [9.17, 15) is 9.18 Å². The molecule has 8 heteroatoms. The Bertz CT molecular complexity index is 1100. The van der Waals surface area contributed by atoms with Gasteiger partial charge in [-0.1, -0.05) is 23.4 Å². The van der Waals surface area contributed by atoms with Crippen LogP contribution in [-0.2, 0) is 6.54 Å². The first kappa shape index (κ1) is 17.6. The van der Waals surface area contributed by atoms with Crippen molar-refractivity contribution < 1.29 is 18.1 Å². The second-order valence-corrected chi connectivity index (χ2v) is 6.00. The molecule has 140 valence electrons. The van der Waals surface area contributed by atoms with Crippen LogP contribution in [0, 0.1) is 12.7 Å². The maximum atomic E-state index is 13.1. The predicted octanol–water partition coefficient (Wildman–Crippen LogP) is 3.77. The molecule has 4 aromatic rings. The SMILES string of the molecule is Cc1oc(-c2ccc(F)cc2)nc1C(=O)NCc1noc(-c2ccccc2)n1. The van der Waals surface area contributed by atoms with Crippen molar-refractivity contribution in [3.8, 4) is 22.9 Å². The molecule has 4 rings (SSSR count). The van der Waals surface area contributed by atoms with Gasteiger partial charge in [0.25, 0.3) is 11.8 Å². The molecule has 2 heterocycles. The number of halogens is 1. The van der Waals surface area contributed by atoms with E-state index in [1.54, 1.807) is 6.92 Å². The molecule has 0 bridgehead atoms. The van der Waals surface area contributed by atoms with Gasteiger partial charge < -0.3 is 14.3 Å². The van der Waals surface area contributed by atoms with E-state index in [1.807, 2.05) is 30.3 Å². The molecule has 0 aliphatic rings. The predicted molar refractivity (Wildman–Crippen MR) is 97.5 cm³/mol. The van der Waals surface area contributed by atoms with Crippen LogP contribution in [0.3, 0.4) is 0 Å². The summed E-state index contributed by atoms with van der Waals surface area (Å²) in [5, 5.41) is 6.55. The number of aryl methyl sites for hydroxylation is 1. The van der Waals surface area contributed by atoms with Crippen LogP contribution >= 0.6 is 0 Å². The van der Waals surface area contributed by atoms with Crippen molar-refractivity contribution in [2.45, 2.75) is 13.5 Å². The average Bonchev–Trinajstić information content (AvgIpc) is 3.34. The number of carbonyl (C=O) groups is 1. The van der Waals surface area contributed by atoms with Crippen LogP contribution in [0.2, 0.25) is 0 Å². The third kappa shape index (κ3) is 3.66. The number of hydrogen-bond donors (Lipinski definition) is 1. The van der Waals surface area contributed by atoms with E-state index in [-0.39, 0.29) is 23.9 Å². The van der Waals surface area contributed by atoms with E-state index >= 15 is 0 Å². The van der Waals surface area contributed by atoms with Crippen molar-refractivity contribution in [2.75, 3.05) is 0 Å². The topological polar surface area (TPSA) is 94.1 Å². The zero-order valence-electron chi connectivity index (χ0n) is 14.8. The van der Waals surface area contributed by atoms with Crippen LogP contribution in [0.25, 0.3) is 22.9 Å². The van der Waals surface area contributed by atoms with Gasteiger partial charge in [-0.25, -0.2) is 9.37 Å². The Morgan fingerprint density at radius 1 is 1.00 bits per heavy atom. The lowest BCUT2D eigenvalue weighted by molar-refractivity contribution is 0.0943. The Balaban J connectivity index is 1.44. The molecule has 0 spiro atoms. The fourth-order valence-electron chi connectivity index (χ4n) is 2.59. The van der Waals surface area contributed by atoms with Gasteiger partial charge >= 0.3 is 0 Å². The largest absolute Gasteiger partial charge is 0.441 e. The van der Waals surface area contributed by atoms with Crippen molar-refractivity contribution in [2.24, 2.45) is 0 Å². The first-order valence-corrected chi connectivity index (χ1v) is 8.50. The fraction of sp³-hybridized carbons (Fsp3) is 0.100. The highest BCUT2D eigenvalue weighted by atomic mass is 19.1. The summed E-state index contributed by atoms with van der Waals surface area (Å²) in [6.07, 6.45) is 0. The van der Waals surface area contributed by atoms with Gasteiger partial charge in [-0.3, -0.25) is 4.79 Å². The molecule has 1 amide bonds. The Labute approximate surface area is 159 Å². The molecule has 0 fully saturated rings. The van der Waals surface area contributed by atoms with E-state index in [0.717, 1.165) is 5.56 Å². The van der Waals surface area contributed by atoms with E-state index in [1.165, 1.54) is 24.3 Å². The average molecular weight is 378 g/mol. The monoisotopic (exact) mass is 378 g/mol. The zero-order chi connectivity index (χ0) is 19.5. The van der Waals surface area contributed by atoms with Gasteiger partial charge in [0, 0.05) is 11.1 Å². The third-order valence-electron chi connectivity index (χ3n) is 4.00. The maximum absolute atomic E-state index is 13.1. The van der Waals surface area contributed by atoms with E-state index in [0.29, 0.717) is 23.0 Å². The number of rotatable bonds is 5. The number of hydrogen-bond acceptors (Lipinski definition) is 6. The smallest absolute Gasteiger partial charge is 0.273 e. The lowest BCUT2D eigenvalue weighted by atomic mass is 10.2. The summed E-state index contributed by atoms with van der Waals surface area (Å²) in [5.74, 6) is 0.525. The lowest BCUT2D eigenvalue weighted by Gasteiger charge is -1.99. The third-order valence-corrected chi connectivity index (χ3v) is 4.00. The minimum Gasteiger partial charge on any atom is -0.441 e. The number of nitrogens with one attached hydrogen (secondary N) is 1. The quantitative estimate of drug-likeness (QED) is 0.568. The molecular weight excluding hydrogens is 363 g/mol. The van der Waals surface area contributed by atoms with E-state index in [2.05, 4.69) is 20.4 Å². The summed E-state index contributed by atoms with van der Waals surface area (Å²) in [7, 11) is 0. The van der Waals surface area contributed by atoms with Crippen LogP contribution in [0.4, 0.5) is 4.39 Å². The van der Waals surface area contributed by atoms with Crippen LogP contribution in [0.1, 0.15) is 22.1 Å². The maximum Gasteiger partial charge on any atom is 0.273 e. The summed E-state index contributed by atoms with van der Waals surface area (Å²) in [6, 6.07) is 15.0. The van der Waals surface area contributed by atoms with Gasteiger partial charge in [0.2, 0.25) is 5.89 Å². The molecule has 0 atom stereocenters. The van der Waals surface area contributed by atoms with Crippen LogP contribution in [-0.4, -0.2) is 21.0 Å². The minimum atomic E-state index is -0.430. The second kappa shape index (κ2) is 7.43. The molecule has 1 N–H and O–H groups in total. The molecule has 0 aliphatic carbocycles. The van der Waals surface area contributed by atoms with Gasteiger partial charge in [0.15, 0.2) is 11.5 Å². The molecule has 0 saturated carbocycles. The molecule has 7 nitrogen and oxygen atoms in total. The number of aromatic nitrogens is 3. The number of nitrogens with zero attached hydrogens (tertiary/aromatic N) is 3. The van der Waals surface area contributed by atoms with Gasteiger partial charge in [0.1, 0.15) is 11.6 Å². The van der Waals surface area contributed by atoms with Crippen molar-refractivity contribution in [1.29, 1.82) is 0 Å². The highest BCUT2D eigenvalue weighted by Gasteiger charge is 2.19. The number of amides is 1. The first-order chi connectivity index (χ1) is 13.6. The molecule has 0 radical (unpaired) electrons. The summed E-state index contributed by atoms with van der Waals surface area (Å²) in [4.78, 5) is 20.9. The molecule has 28 heavy (non-hydrogen) atoms. The second-order valence-electron chi connectivity index (χ2n) is 6.00. The van der Waals surface area contributed by atoms with Gasteiger partial charge in [0.05, 0.1) is 6.54 Å². The molecule has 0 unspecified atom stereocenters. The normalized spacial score (nSPS) is 10.8. The molecular formula is C20H15FN4O3. The van der Waals surface area contributed by atoms with Gasteiger partial charge in [-0.05, 0) is 43.3 Å². The Morgan fingerprint density at radius 2 is 1.71 bits per heavy atom. The summed E-state index contributed by atoms with van der Waals surface area (Å²) >= 11 is 0. The molecule has 2 aromatic carbocycles. The Hall–Kier alpha value is -3.81. The van der Waals surface area contributed by atoms with Gasteiger partial charge in [-0.2, -0.15) is 4.98 Å². The van der Waals surface area contributed by atoms with Crippen LogP contribution in [0.15, 0.2) is 63.5 Å². The molecule has 0 saturated heterocycles. The summed E-state index contributed by atoms with van der Waals surface area (Å²) in [5.41, 5.74) is 1.52. The van der Waals surface area contributed by atoms with E-state index in [4.69, 9.17) is 8.94 Å². The fourth-order valence-corrected chi connectivity index (χ4v) is 2.59. The first-order valence-electron chi connectivity index (χ1n) is 8.50. The van der Waals surface area contributed by atoms with Crippen molar-refractivity contribution >= 4 is 5.91 Å². The minimum absolute atomic E-state index is 0.0767. The van der Waals surface area contributed by atoms with Crippen molar-refractivity contribution in [3.05, 3.63) is 77.7 Å². The summed E-state index contributed by atoms with van der Waals surface area (Å²) in [6.45, 7) is 1.71. The standard InChI is InChI=1S/C20H15FN4O3/c1-12-17(24-19(27-12)14-7-9-15(21)10-8-14)18(26)22-11-16-23-20(28-25-16)13-5-3-2-4-6-13/h2-10H,11H2,1H3,(H,22,26). The highest BCUT2D eigenvalue weighted by Crippen LogP contribution is 2.22. The Morgan fingerprint density at radius 3 is 2.46 bits per heavy atom. The summed E-state index contributed by atoms with van der Waals surface area (Å²) < 4.78 is 23.8. The van der Waals surface area contributed by atoms with Crippen molar-refractivity contribution in [3.63, 3.8) is 0 Å². The van der Waals surface area contributed by atoms with E-state index < -0.39 is 5.91 Å². The molecule has 2 aromatic heterocycles. The van der Waals surface area contributed by atoms with Crippen LogP contribution < -0.4 is 5.32 Å². The molecule has 0 aliphatic heterocycles. The van der Waals surface area contributed by atoms with Gasteiger partial charge in [-0.15, -0.1) is 0 Å². The zero-order valence-corrected chi connectivity index (χ0v) is 14.8. The highest BCUT2D eigenvalue weighted by molar-refractivity contribution is 5.93.